The SMILES string of the molecule is O=C1C2C3CCC(C3)C2C(=O)N1c1ccc([N+](=O)[O-])cc1. The molecule has 1 aliphatic heterocycles. The molecule has 1 aromatic rings. The molecule has 0 N–H and O–H groups in total. The number of nitrogens with zero attached hydrogens (tertiary/aromatic N) is 2. The van der Waals surface area contributed by atoms with Crippen LogP contribution in [-0.4, -0.2) is 16.7 Å². The maximum atomic E-state index is 12.6. The maximum absolute atomic E-state index is 12.6. The Morgan fingerprint density at radius 1 is 1.00 bits per heavy atom. The lowest BCUT2D eigenvalue weighted by molar-refractivity contribution is -0.384. The van der Waals surface area contributed by atoms with Gasteiger partial charge in [0.1, 0.15) is 0 Å². The Morgan fingerprint density at radius 2 is 1.52 bits per heavy atom. The normalized spacial score (nSPS) is 33.6. The second kappa shape index (κ2) is 4.13. The Morgan fingerprint density at radius 3 is 2.00 bits per heavy atom. The largest absolute Gasteiger partial charge is 0.274 e. The Labute approximate surface area is 120 Å². The summed E-state index contributed by atoms with van der Waals surface area (Å²) in [5.74, 6) is 0.133. The highest BCUT2D eigenvalue weighted by atomic mass is 16.6. The van der Waals surface area contributed by atoms with E-state index in [4.69, 9.17) is 0 Å². The van der Waals surface area contributed by atoms with Gasteiger partial charge in [-0.2, -0.15) is 0 Å². The Balaban J connectivity index is 1.68. The molecule has 2 amide bonds. The number of nitro benzene ring substituents is 1. The highest BCUT2D eigenvalue weighted by molar-refractivity contribution is 6.22. The van der Waals surface area contributed by atoms with Gasteiger partial charge in [0.2, 0.25) is 11.8 Å². The maximum Gasteiger partial charge on any atom is 0.269 e. The van der Waals surface area contributed by atoms with Crippen molar-refractivity contribution in [3.63, 3.8) is 0 Å². The molecule has 1 heterocycles. The quantitative estimate of drug-likeness (QED) is 0.474. The van der Waals surface area contributed by atoms with Crippen LogP contribution in [0.25, 0.3) is 0 Å². The van der Waals surface area contributed by atoms with Crippen LogP contribution in [0.4, 0.5) is 11.4 Å². The van der Waals surface area contributed by atoms with Crippen LogP contribution in [0, 0.1) is 33.8 Å². The van der Waals surface area contributed by atoms with Gasteiger partial charge in [0, 0.05) is 12.1 Å². The van der Waals surface area contributed by atoms with Crippen LogP contribution in [0.15, 0.2) is 24.3 Å². The van der Waals surface area contributed by atoms with Crippen LogP contribution in [0.1, 0.15) is 19.3 Å². The van der Waals surface area contributed by atoms with Crippen LogP contribution >= 0.6 is 0 Å². The van der Waals surface area contributed by atoms with E-state index in [1.54, 1.807) is 0 Å². The second-order valence-corrected chi connectivity index (χ2v) is 6.17. The first-order valence-corrected chi connectivity index (χ1v) is 7.20. The van der Waals surface area contributed by atoms with E-state index >= 15 is 0 Å². The Bertz CT molecular complexity index is 626. The summed E-state index contributed by atoms with van der Waals surface area (Å²) in [6.07, 6.45) is 3.08. The number of nitro groups is 1. The molecule has 2 bridgehead atoms. The van der Waals surface area contributed by atoms with Gasteiger partial charge in [-0.1, -0.05) is 0 Å². The second-order valence-electron chi connectivity index (χ2n) is 6.17. The van der Waals surface area contributed by atoms with Crippen LogP contribution in [0.5, 0.6) is 0 Å². The average molecular weight is 286 g/mol. The summed E-state index contributed by atoms with van der Waals surface area (Å²) in [6.45, 7) is 0. The summed E-state index contributed by atoms with van der Waals surface area (Å²) < 4.78 is 0. The lowest BCUT2D eigenvalue weighted by atomic mass is 9.81. The molecule has 4 unspecified atom stereocenters. The highest BCUT2D eigenvalue weighted by Crippen LogP contribution is 2.56. The number of hydrogen-bond acceptors (Lipinski definition) is 4. The number of anilines is 1. The molecule has 2 saturated carbocycles. The van der Waals surface area contributed by atoms with Crippen LogP contribution in [0.2, 0.25) is 0 Å². The predicted octanol–water partition coefficient (Wildman–Crippen LogP) is 2.13. The summed E-state index contributed by atoms with van der Waals surface area (Å²) in [7, 11) is 0. The summed E-state index contributed by atoms with van der Waals surface area (Å²) in [6, 6.07) is 5.63. The van der Waals surface area contributed by atoms with Gasteiger partial charge in [-0.15, -0.1) is 0 Å². The number of benzene rings is 1. The molecule has 21 heavy (non-hydrogen) atoms. The number of carbonyl (C=O) groups is 2. The van der Waals surface area contributed by atoms with Crippen molar-refractivity contribution in [1.82, 2.24) is 0 Å². The summed E-state index contributed by atoms with van der Waals surface area (Å²) in [5, 5.41) is 10.7. The fraction of sp³-hybridized carbons (Fsp3) is 0.467. The molecule has 1 saturated heterocycles. The number of hydrogen-bond donors (Lipinski definition) is 0. The van der Waals surface area contributed by atoms with Gasteiger partial charge in [-0.3, -0.25) is 24.6 Å². The van der Waals surface area contributed by atoms with E-state index in [2.05, 4.69) is 0 Å². The summed E-state index contributed by atoms with van der Waals surface area (Å²) in [5.41, 5.74) is 0.405. The van der Waals surface area contributed by atoms with Gasteiger partial charge in [-0.25, -0.2) is 0 Å². The molecule has 4 rings (SSSR count). The molecular formula is C15H14N2O4. The lowest BCUT2D eigenvalue weighted by Gasteiger charge is -2.19. The van der Waals surface area contributed by atoms with Crippen molar-refractivity contribution in [3.8, 4) is 0 Å². The van der Waals surface area contributed by atoms with E-state index < -0.39 is 4.92 Å². The standard InChI is InChI=1S/C15H14N2O4/c18-14-12-8-1-2-9(7-8)13(12)15(19)16(14)10-3-5-11(6-4-10)17(20)21/h3-6,8-9,12-13H,1-2,7H2. The number of carbonyl (C=O) groups excluding carboxylic acids is 2. The third-order valence-corrected chi connectivity index (χ3v) is 5.25. The minimum Gasteiger partial charge on any atom is -0.274 e. The molecule has 3 fully saturated rings. The number of rotatable bonds is 2. The molecule has 0 spiro atoms. The van der Waals surface area contributed by atoms with Crippen LogP contribution in [0.3, 0.4) is 0 Å². The van der Waals surface area contributed by atoms with Gasteiger partial charge < -0.3 is 0 Å². The number of non-ortho nitro benzene ring substituents is 1. The molecule has 6 nitrogen and oxygen atoms in total. The number of imide groups is 1. The number of amides is 2. The molecule has 0 radical (unpaired) electrons. The zero-order chi connectivity index (χ0) is 14.7. The van der Waals surface area contributed by atoms with E-state index in [9.17, 15) is 19.7 Å². The van der Waals surface area contributed by atoms with Gasteiger partial charge in [-0.05, 0) is 43.2 Å². The van der Waals surface area contributed by atoms with Crippen LogP contribution in [-0.2, 0) is 9.59 Å². The monoisotopic (exact) mass is 286 g/mol. The van der Waals surface area contributed by atoms with Crippen molar-refractivity contribution in [3.05, 3.63) is 34.4 Å². The van der Waals surface area contributed by atoms with Gasteiger partial charge in [0.05, 0.1) is 22.4 Å². The first-order valence-electron chi connectivity index (χ1n) is 7.20. The lowest BCUT2D eigenvalue weighted by Crippen LogP contribution is -2.32. The molecular weight excluding hydrogens is 272 g/mol. The van der Waals surface area contributed by atoms with E-state index in [-0.39, 0.29) is 29.3 Å². The Kier molecular flexibility index (Phi) is 2.46. The van der Waals surface area contributed by atoms with Crippen molar-refractivity contribution in [2.24, 2.45) is 23.7 Å². The van der Waals surface area contributed by atoms with Crippen LogP contribution < -0.4 is 4.90 Å². The molecule has 3 aliphatic rings. The zero-order valence-corrected chi connectivity index (χ0v) is 11.3. The van der Waals surface area contributed by atoms with Crippen molar-refractivity contribution >= 4 is 23.2 Å². The third kappa shape index (κ3) is 1.58. The minimum absolute atomic E-state index is 0.0434. The highest BCUT2D eigenvalue weighted by Gasteiger charge is 2.61. The summed E-state index contributed by atoms with van der Waals surface area (Å²) in [4.78, 5) is 36.6. The van der Waals surface area contributed by atoms with Crippen molar-refractivity contribution in [2.75, 3.05) is 4.90 Å². The molecule has 2 aliphatic carbocycles. The Hall–Kier alpha value is -2.24. The molecule has 6 heteroatoms. The van der Waals surface area contributed by atoms with Gasteiger partial charge >= 0.3 is 0 Å². The van der Waals surface area contributed by atoms with E-state index in [0.29, 0.717) is 17.5 Å². The minimum atomic E-state index is -0.494. The van der Waals surface area contributed by atoms with Gasteiger partial charge in [0.25, 0.3) is 5.69 Å². The predicted molar refractivity (Wildman–Crippen MR) is 73.4 cm³/mol. The smallest absolute Gasteiger partial charge is 0.269 e. The van der Waals surface area contributed by atoms with E-state index in [1.165, 1.54) is 29.2 Å². The molecule has 0 aromatic heterocycles. The fourth-order valence-electron chi connectivity index (χ4n) is 4.39. The van der Waals surface area contributed by atoms with Crippen molar-refractivity contribution in [2.45, 2.75) is 19.3 Å². The summed E-state index contributed by atoms with van der Waals surface area (Å²) >= 11 is 0. The van der Waals surface area contributed by atoms with Crippen molar-refractivity contribution in [1.29, 1.82) is 0 Å². The molecule has 108 valence electrons. The zero-order valence-electron chi connectivity index (χ0n) is 11.3. The topological polar surface area (TPSA) is 80.5 Å². The van der Waals surface area contributed by atoms with E-state index in [0.717, 1.165) is 19.3 Å². The van der Waals surface area contributed by atoms with Crippen molar-refractivity contribution < 1.29 is 14.5 Å². The van der Waals surface area contributed by atoms with Gasteiger partial charge in [0.15, 0.2) is 0 Å². The molecule has 1 aromatic carbocycles. The first kappa shape index (κ1) is 12.5. The first-order chi connectivity index (χ1) is 10.1. The molecule has 4 atom stereocenters. The number of fused-ring (bicyclic) bond motifs is 5. The average Bonchev–Trinajstić information content (AvgIpc) is 3.13. The van der Waals surface area contributed by atoms with E-state index in [1.807, 2.05) is 0 Å². The fourth-order valence-corrected chi connectivity index (χ4v) is 4.39. The third-order valence-electron chi connectivity index (χ3n) is 5.25.